The van der Waals surface area contributed by atoms with Crippen molar-refractivity contribution in [2.75, 3.05) is 0 Å². The van der Waals surface area contributed by atoms with E-state index in [0.717, 1.165) is 6.42 Å². The molecule has 1 aliphatic rings. The number of carbonyl (C=O) groups is 2. The minimum absolute atomic E-state index is 0.00943. The lowest BCUT2D eigenvalue weighted by atomic mass is 9.61. The number of benzene rings is 3. The Balaban J connectivity index is 2.12. The van der Waals surface area contributed by atoms with Gasteiger partial charge in [-0.3, -0.25) is 14.9 Å². The highest BCUT2D eigenvalue weighted by Gasteiger charge is 2.45. The second-order valence-electron chi connectivity index (χ2n) is 10.3. The standard InChI is InChI=1S/C28H26FNO5/c1-27(2)13-14-28(3,4)23-20(27)15-19(25(31)16-9-11-17(12-10-16)26(32)33)22(24(23)30(34)35)18-7-5-6-8-21(18)29/h5-12,15H,13-14H2,1-4H3,(H,32,33). The Labute approximate surface area is 202 Å². The number of nitro benzene ring substituents is 1. The maximum absolute atomic E-state index is 15.1. The van der Waals surface area contributed by atoms with Crippen LogP contribution in [0.25, 0.3) is 11.1 Å². The molecule has 0 unspecified atom stereocenters. The van der Waals surface area contributed by atoms with Gasteiger partial charge < -0.3 is 5.11 Å². The molecular weight excluding hydrogens is 449 g/mol. The van der Waals surface area contributed by atoms with E-state index in [4.69, 9.17) is 0 Å². The van der Waals surface area contributed by atoms with E-state index in [-0.39, 0.29) is 33.5 Å². The van der Waals surface area contributed by atoms with Crippen molar-refractivity contribution < 1.29 is 24.0 Å². The Kier molecular flexibility index (Phi) is 5.83. The van der Waals surface area contributed by atoms with Gasteiger partial charge in [-0.15, -0.1) is 0 Å². The number of nitrogens with zero attached hydrogens (tertiary/aromatic N) is 1. The molecule has 0 saturated carbocycles. The fraction of sp³-hybridized carbons (Fsp3) is 0.286. The number of fused-ring (bicyclic) bond motifs is 1. The summed E-state index contributed by atoms with van der Waals surface area (Å²) in [6.07, 6.45) is 1.47. The summed E-state index contributed by atoms with van der Waals surface area (Å²) < 4.78 is 15.1. The number of aromatic carboxylic acids is 1. The van der Waals surface area contributed by atoms with Crippen molar-refractivity contribution >= 4 is 17.4 Å². The fourth-order valence-corrected chi connectivity index (χ4v) is 4.99. The molecule has 0 aromatic heterocycles. The topological polar surface area (TPSA) is 97.5 Å². The van der Waals surface area contributed by atoms with Gasteiger partial charge in [0.25, 0.3) is 5.69 Å². The van der Waals surface area contributed by atoms with Crippen LogP contribution in [0.1, 0.15) is 77.9 Å². The first-order valence-corrected chi connectivity index (χ1v) is 11.3. The van der Waals surface area contributed by atoms with Crippen LogP contribution in [0.5, 0.6) is 0 Å². The SMILES string of the molecule is CC1(C)CCC(C)(C)c2c1cc(C(=O)c1ccc(C(=O)O)cc1)c(-c1ccccc1F)c2[N+](=O)[O-]. The number of carboxylic acids is 1. The van der Waals surface area contributed by atoms with E-state index >= 15 is 4.39 Å². The highest BCUT2D eigenvalue weighted by atomic mass is 19.1. The molecule has 7 heteroatoms. The molecular formula is C28H26FNO5. The zero-order valence-corrected chi connectivity index (χ0v) is 20.0. The van der Waals surface area contributed by atoms with Crippen molar-refractivity contribution in [3.05, 3.63) is 98.3 Å². The molecule has 6 nitrogen and oxygen atoms in total. The normalized spacial score (nSPS) is 15.8. The summed E-state index contributed by atoms with van der Waals surface area (Å²) in [6, 6.07) is 12.7. The number of hydrogen-bond acceptors (Lipinski definition) is 4. The molecule has 0 heterocycles. The number of hydrogen-bond donors (Lipinski definition) is 1. The van der Waals surface area contributed by atoms with Gasteiger partial charge in [0, 0.05) is 22.3 Å². The summed E-state index contributed by atoms with van der Waals surface area (Å²) >= 11 is 0. The largest absolute Gasteiger partial charge is 0.478 e. The number of carboxylic acid groups (broad SMARTS) is 1. The second kappa shape index (κ2) is 8.41. The van der Waals surface area contributed by atoms with Gasteiger partial charge in [0.05, 0.1) is 16.1 Å². The first-order valence-electron chi connectivity index (χ1n) is 11.3. The van der Waals surface area contributed by atoms with Crippen LogP contribution in [0.4, 0.5) is 10.1 Å². The summed E-state index contributed by atoms with van der Waals surface area (Å²) in [6.45, 7) is 7.85. The number of rotatable bonds is 5. The van der Waals surface area contributed by atoms with E-state index in [9.17, 15) is 24.8 Å². The number of carbonyl (C=O) groups excluding carboxylic acids is 1. The zero-order valence-electron chi connectivity index (χ0n) is 20.0. The summed E-state index contributed by atoms with van der Waals surface area (Å²) in [7, 11) is 0. The van der Waals surface area contributed by atoms with Crippen LogP contribution in [0.3, 0.4) is 0 Å². The average molecular weight is 476 g/mol. The molecule has 3 aromatic carbocycles. The molecule has 0 saturated heterocycles. The van der Waals surface area contributed by atoms with Crippen molar-refractivity contribution in [1.29, 1.82) is 0 Å². The lowest BCUT2D eigenvalue weighted by Gasteiger charge is -2.42. The van der Waals surface area contributed by atoms with Gasteiger partial charge in [-0.2, -0.15) is 0 Å². The van der Waals surface area contributed by atoms with E-state index < -0.39 is 33.3 Å². The highest BCUT2D eigenvalue weighted by molar-refractivity contribution is 6.14. The Morgan fingerprint density at radius 3 is 2.09 bits per heavy atom. The maximum atomic E-state index is 15.1. The summed E-state index contributed by atoms with van der Waals surface area (Å²) in [5.74, 6) is -2.34. The zero-order chi connectivity index (χ0) is 25.7. The molecule has 0 fully saturated rings. The van der Waals surface area contributed by atoms with Gasteiger partial charge >= 0.3 is 5.97 Å². The molecule has 0 amide bonds. The van der Waals surface area contributed by atoms with Crippen LogP contribution in [-0.2, 0) is 10.8 Å². The monoisotopic (exact) mass is 475 g/mol. The number of ketones is 1. The summed E-state index contributed by atoms with van der Waals surface area (Å²) in [5.41, 5.74) is 0.0939. The molecule has 3 aromatic rings. The molecule has 0 atom stereocenters. The minimum atomic E-state index is -1.13. The molecule has 180 valence electrons. The molecule has 4 rings (SSSR count). The van der Waals surface area contributed by atoms with Crippen LogP contribution < -0.4 is 0 Å². The van der Waals surface area contributed by atoms with Crippen molar-refractivity contribution in [2.24, 2.45) is 0 Å². The molecule has 0 spiro atoms. The predicted molar refractivity (Wildman–Crippen MR) is 131 cm³/mol. The average Bonchev–Trinajstić information content (AvgIpc) is 2.81. The molecule has 0 radical (unpaired) electrons. The van der Waals surface area contributed by atoms with Crippen LogP contribution in [0.2, 0.25) is 0 Å². The number of nitro groups is 1. The molecule has 0 bridgehead atoms. The van der Waals surface area contributed by atoms with Gasteiger partial charge in [0.15, 0.2) is 5.78 Å². The fourth-order valence-electron chi connectivity index (χ4n) is 4.99. The van der Waals surface area contributed by atoms with Crippen LogP contribution >= 0.6 is 0 Å². The van der Waals surface area contributed by atoms with E-state index in [0.29, 0.717) is 17.5 Å². The first-order chi connectivity index (χ1) is 16.3. The van der Waals surface area contributed by atoms with E-state index in [1.54, 1.807) is 12.1 Å². The third-order valence-corrected chi connectivity index (χ3v) is 7.05. The van der Waals surface area contributed by atoms with Crippen molar-refractivity contribution in [3.63, 3.8) is 0 Å². The first kappa shape index (κ1) is 24.3. The van der Waals surface area contributed by atoms with Gasteiger partial charge in [-0.25, -0.2) is 9.18 Å². The Hall–Kier alpha value is -3.87. The lowest BCUT2D eigenvalue weighted by molar-refractivity contribution is -0.385. The quantitative estimate of drug-likeness (QED) is 0.252. The summed E-state index contributed by atoms with van der Waals surface area (Å²) in [4.78, 5) is 37.1. The van der Waals surface area contributed by atoms with Gasteiger partial charge in [0.2, 0.25) is 0 Å². The number of halogens is 1. The Bertz CT molecular complexity index is 1370. The second-order valence-corrected chi connectivity index (χ2v) is 10.3. The highest BCUT2D eigenvalue weighted by Crippen LogP contribution is 2.53. The van der Waals surface area contributed by atoms with Gasteiger partial charge in [-0.1, -0.05) is 58.0 Å². The Morgan fingerprint density at radius 1 is 0.943 bits per heavy atom. The van der Waals surface area contributed by atoms with E-state index in [1.165, 1.54) is 42.5 Å². The van der Waals surface area contributed by atoms with Gasteiger partial charge in [-0.05, 0) is 53.5 Å². The van der Waals surface area contributed by atoms with Crippen molar-refractivity contribution in [2.45, 2.75) is 51.4 Å². The predicted octanol–water partition coefficient (Wildman–Crippen LogP) is 6.68. The minimum Gasteiger partial charge on any atom is -0.478 e. The van der Waals surface area contributed by atoms with Crippen molar-refractivity contribution in [1.82, 2.24) is 0 Å². The van der Waals surface area contributed by atoms with E-state index in [1.807, 2.05) is 27.7 Å². The molecule has 35 heavy (non-hydrogen) atoms. The van der Waals surface area contributed by atoms with Crippen LogP contribution in [-0.4, -0.2) is 21.8 Å². The third kappa shape index (κ3) is 4.11. The Morgan fingerprint density at radius 2 is 1.51 bits per heavy atom. The smallest absolute Gasteiger partial charge is 0.335 e. The van der Waals surface area contributed by atoms with Gasteiger partial charge in [0.1, 0.15) is 5.82 Å². The van der Waals surface area contributed by atoms with Crippen molar-refractivity contribution in [3.8, 4) is 11.1 Å². The maximum Gasteiger partial charge on any atom is 0.335 e. The van der Waals surface area contributed by atoms with Crippen LogP contribution in [0, 0.1) is 15.9 Å². The third-order valence-electron chi connectivity index (χ3n) is 7.05. The summed E-state index contributed by atoms with van der Waals surface area (Å²) in [5, 5.41) is 21.8. The molecule has 1 aliphatic carbocycles. The van der Waals surface area contributed by atoms with Crippen LogP contribution in [0.15, 0.2) is 54.6 Å². The molecule has 0 aliphatic heterocycles. The molecule has 1 N–H and O–H groups in total. The lowest BCUT2D eigenvalue weighted by Crippen LogP contribution is -2.35. The van der Waals surface area contributed by atoms with E-state index in [2.05, 4.69) is 0 Å².